The molecule has 0 atom stereocenters. The number of carbonyl (C=O) groups excluding carboxylic acids is 3. The lowest BCUT2D eigenvalue weighted by molar-refractivity contribution is 0.0587. The number of anilines is 1. The van der Waals surface area contributed by atoms with Crippen molar-refractivity contribution in [3.8, 4) is 5.75 Å². The van der Waals surface area contributed by atoms with Crippen LogP contribution >= 0.6 is 0 Å². The highest BCUT2D eigenvalue weighted by Gasteiger charge is 2.17. The van der Waals surface area contributed by atoms with Crippen molar-refractivity contribution in [3.05, 3.63) is 59.2 Å². The summed E-state index contributed by atoms with van der Waals surface area (Å²) in [6, 6.07) is 11.2. The van der Waals surface area contributed by atoms with Crippen molar-refractivity contribution in [3.63, 3.8) is 0 Å². The molecule has 0 aromatic heterocycles. The van der Waals surface area contributed by atoms with Gasteiger partial charge in [-0.1, -0.05) is 12.1 Å². The van der Waals surface area contributed by atoms with Crippen molar-refractivity contribution in [1.29, 1.82) is 0 Å². The smallest absolute Gasteiger partial charge is 0.339 e. The summed E-state index contributed by atoms with van der Waals surface area (Å²) in [4.78, 5) is 35.8. The summed E-state index contributed by atoms with van der Waals surface area (Å²) in [5.74, 6) is -0.459. The Balaban J connectivity index is 2.02. The van der Waals surface area contributed by atoms with Crippen molar-refractivity contribution in [2.75, 3.05) is 33.2 Å². The van der Waals surface area contributed by atoms with Crippen LogP contribution in [0, 0.1) is 0 Å². The van der Waals surface area contributed by atoms with E-state index < -0.39 is 18.0 Å². The van der Waals surface area contributed by atoms with Gasteiger partial charge < -0.3 is 24.8 Å². The van der Waals surface area contributed by atoms with Gasteiger partial charge in [0.15, 0.2) is 0 Å². The number of hydrogen-bond donors (Lipinski definition) is 2. The predicted molar refractivity (Wildman–Crippen MR) is 103 cm³/mol. The first-order valence-electron chi connectivity index (χ1n) is 8.47. The number of methoxy groups -OCH3 is 3. The van der Waals surface area contributed by atoms with Crippen molar-refractivity contribution in [2.45, 2.75) is 6.42 Å². The molecule has 2 N–H and O–H groups in total. The summed E-state index contributed by atoms with van der Waals surface area (Å²) >= 11 is 0. The average molecular weight is 386 g/mol. The standard InChI is InChI=1S/C20H22N2O6/c1-26-15-7-4-13(5-8-15)10-11-21-20(25)22-17-12-14(18(23)27-2)6-9-16(17)19(24)28-3/h4-9,12H,10-11H2,1-3H3,(H2,21,22,25). The van der Waals surface area contributed by atoms with Gasteiger partial charge in [-0.15, -0.1) is 0 Å². The SMILES string of the molecule is COC(=O)c1ccc(C(=O)OC)c(NC(=O)NCCc2ccc(OC)cc2)c1. The molecule has 0 aliphatic rings. The first-order chi connectivity index (χ1) is 13.5. The minimum atomic E-state index is -0.634. The van der Waals surface area contributed by atoms with Crippen molar-refractivity contribution in [2.24, 2.45) is 0 Å². The zero-order valence-corrected chi connectivity index (χ0v) is 15.9. The average Bonchev–Trinajstić information content (AvgIpc) is 2.73. The molecule has 28 heavy (non-hydrogen) atoms. The number of amides is 2. The van der Waals surface area contributed by atoms with Gasteiger partial charge >= 0.3 is 18.0 Å². The van der Waals surface area contributed by atoms with Crippen LogP contribution < -0.4 is 15.4 Å². The van der Waals surface area contributed by atoms with E-state index >= 15 is 0 Å². The van der Waals surface area contributed by atoms with Crippen LogP contribution in [-0.4, -0.2) is 45.8 Å². The minimum Gasteiger partial charge on any atom is -0.497 e. The molecule has 8 nitrogen and oxygen atoms in total. The normalized spacial score (nSPS) is 9.96. The van der Waals surface area contributed by atoms with Gasteiger partial charge in [0.1, 0.15) is 5.75 Å². The van der Waals surface area contributed by atoms with Crippen LogP contribution in [0.1, 0.15) is 26.3 Å². The molecule has 0 radical (unpaired) electrons. The van der Waals surface area contributed by atoms with Crippen LogP contribution in [0.25, 0.3) is 0 Å². The Labute approximate surface area is 162 Å². The van der Waals surface area contributed by atoms with E-state index in [1.165, 1.54) is 32.4 Å². The Morgan fingerprint density at radius 3 is 2.18 bits per heavy atom. The summed E-state index contributed by atoms with van der Waals surface area (Å²) in [6.45, 7) is 0.377. The molecule has 2 amide bonds. The first-order valence-corrected chi connectivity index (χ1v) is 8.47. The molecular weight excluding hydrogens is 364 g/mol. The molecule has 2 aromatic carbocycles. The highest BCUT2D eigenvalue weighted by Crippen LogP contribution is 2.19. The van der Waals surface area contributed by atoms with Gasteiger partial charge in [-0.2, -0.15) is 0 Å². The fraction of sp³-hybridized carbons (Fsp3) is 0.250. The first kappa shape index (κ1) is 20.8. The third kappa shape index (κ3) is 5.47. The van der Waals surface area contributed by atoms with Crippen molar-refractivity contribution in [1.82, 2.24) is 5.32 Å². The van der Waals surface area contributed by atoms with E-state index in [4.69, 9.17) is 9.47 Å². The van der Waals surface area contributed by atoms with E-state index in [1.54, 1.807) is 7.11 Å². The van der Waals surface area contributed by atoms with Crippen molar-refractivity contribution >= 4 is 23.7 Å². The number of nitrogens with one attached hydrogen (secondary N) is 2. The lowest BCUT2D eigenvalue weighted by Crippen LogP contribution is -2.31. The van der Waals surface area contributed by atoms with Crippen LogP contribution in [0.15, 0.2) is 42.5 Å². The van der Waals surface area contributed by atoms with E-state index in [-0.39, 0.29) is 16.8 Å². The number of benzene rings is 2. The summed E-state index contributed by atoms with van der Waals surface area (Å²) in [5, 5.41) is 5.28. The molecule has 2 aromatic rings. The van der Waals surface area contributed by atoms with E-state index in [1.807, 2.05) is 24.3 Å². The van der Waals surface area contributed by atoms with E-state index in [2.05, 4.69) is 15.4 Å². The maximum Gasteiger partial charge on any atom is 0.339 e. The fourth-order valence-corrected chi connectivity index (χ4v) is 2.46. The molecule has 2 rings (SSSR count). The third-order valence-corrected chi connectivity index (χ3v) is 3.95. The highest BCUT2D eigenvalue weighted by molar-refractivity contribution is 6.03. The van der Waals surface area contributed by atoms with Crippen LogP contribution in [0.4, 0.5) is 10.5 Å². The summed E-state index contributed by atoms with van der Waals surface area (Å²) in [5.41, 5.74) is 1.50. The van der Waals surface area contributed by atoms with Crippen LogP contribution in [0.5, 0.6) is 5.75 Å². The summed E-state index contributed by atoms with van der Waals surface area (Å²) in [7, 11) is 4.07. The van der Waals surface area contributed by atoms with E-state index in [0.29, 0.717) is 13.0 Å². The second-order valence-corrected chi connectivity index (χ2v) is 5.72. The third-order valence-electron chi connectivity index (χ3n) is 3.95. The zero-order chi connectivity index (χ0) is 20.5. The van der Waals surface area contributed by atoms with E-state index in [9.17, 15) is 14.4 Å². The van der Waals surface area contributed by atoms with Gasteiger partial charge in [-0.3, -0.25) is 0 Å². The van der Waals surface area contributed by atoms with Crippen molar-refractivity contribution < 1.29 is 28.6 Å². The second-order valence-electron chi connectivity index (χ2n) is 5.72. The molecule has 148 valence electrons. The number of carbonyl (C=O) groups is 3. The molecule has 0 aliphatic carbocycles. The quantitative estimate of drug-likeness (QED) is 0.709. The summed E-state index contributed by atoms with van der Waals surface area (Å²) in [6.07, 6.45) is 0.615. The lowest BCUT2D eigenvalue weighted by Gasteiger charge is -2.12. The highest BCUT2D eigenvalue weighted by atomic mass is 16.5. The molecule has 0 aliphatic heterocycles. The van der Waals surface area contributed by atoms with Gasteiger partial charge in [-0.05, 0) is 42.3 Å². The lowest BCUT2D eigenvalue weighted by atomic mass is 10.1. The topological polar surface area (TPSA) is 103 Å². The van der Waals surface area contributed by atoms with Gasteiger partial charge in [0.05, 0.1) is 38.1 Å². The number of hydrogen-bond acceptors (Lipinski definition) is 6. The maximum atomic E-state index is 12.2. The molecule has 0 heterocycles. The Morgan fingerprint density at radius 2 is 1.57 bits per heavy atom. The largest absolute Gasteiger partial charge is 0.497 e. The molecule has 0 fully saturated rings. The van der Waals surface area contributed by atoms with Gasteiger partial charge in [0, 0.05) is 6.54 Å². The van der Waals surface area contributed by atoms with Crippen LogP contribution in [0.3, 0.4) is 0 Å². The molecule has 0 bridgehead atoms. The van der Waals surface area contributed by atoms with Gasteiger partial charge in [0.2, 0.25) is 0 Å². The van der Waals surface area contributed by atoms with Gasteiger partial charge in [0.25, 0.3) is 0 Å². The molecule has 0 unspecified atom stereocenters. The van der Waals surface area contributed by atoms with Crippen LogP contribution in [-0.2, 0) is 15.9 Å². The fourth-order valence-electron chi connectivity index (χ4n) is 2.46. The Morgan fingerprint density at radius 1 is 0.893 bits per heavy atom. The second kappa shape index (κ2) is 9.96. The Kier molecular flexibility index (Phi) is 7.38. The number of esters is 2. The van der Waals surface area contributed by atoms with Crippen LogP contribution in [0.2, 0.25) is 0 Å². The molecule has 8 heteroatoms. The predicted octanol–water partition coefficient (Wildman–Crippen LogP) is 2.63. The minimum absolute atomic E-state index is 0.125. The molecule has 0 saturated heterocycles. The maximum absolute atomic E-state index is 12.2. The Bertz CT molecular complexity index is 848. The molecule has 0 spiro atoms. The van der Waals surface area contributed by atoms with E-state index in [0.717, 1.165) is 11.3 Å². The molecule has 0 saturated carbocycles. The Hall–Kier alpha value is -3.55. The number of urea groups is 1. The van der Waals surface area contributed by atoms with Gasteiger partial charge in [-0.25, -0.2) is 14.4 Å². The number of ether oxygens (including phenoxy) is 3. The number of rotatable bonds is 7. The molecular formula is C20H22N2O6. The zero-order valence-electron chi connectivity index (χ0n) is 15.9. The monoisotopic (exact) mass is 386 g/mol. The summed E-state index contributed by atoms with van der Waals surface area (Å²) < 4.78 is 14.5.